The Morgan fingerprint density at radius 3 is 2.64 bits per heavy atom. The van der Waals surface area contributed by atoms with Gasteiger partial charge in [-0.2, -0.15) is 4.72 Å². The number of ether oxygens (including phenoxy) is 2. The molecule has 0 aliphatic carbocycles. The molecule has 1 N–H and O–H groups in total. The van der Waals surface area contributed by atoms with Crippen molar-refractivity contribution in [3.8, 4) is 18.1 Å². The first-order valence-electron chi connectivity index (χ1n) is 7.85. The normalized spacial score (nSPS) is 10.8. The Hall–Kier alpha value is -3.22. The molecule has 7 nitrogen and oxygen atoms in total. The molecular weight excluding hydrogens is 389 g/mol. The fourth-order valence-electron chi connectivity index (χ4n) is 2.20. The SMILES string of the molecule is C#CCNS(=O)(=O)c1cccc(C(=O)OCC(=O)c2cc(F)ccc2OC)c1. The van der Waals surface area contributed by atoms with Crippen LogP contribution in [0.4, 0.5) is 4.39 Å². The monoisotopic (exact) mass is 405 g/mol. The Labute approximate surface area is 161 Å². The van der Waals surface area contributed by atoms with Crippen LogP contribution in [0.25, 0.3) is 0 Å². The first kappa shape index (κ1) is 21.1. The van der Waals surface area contributed by atoms with E-state index in [2.05, 4.69) is 10.6 Å². The second kappa shape index (κ2) is 9.12. The molecule has 0 bridgehead atoms. The van der Waals surface area contributed by atoms with Crippen LogP contribution >= 0.6 is 0 Å². The van der Waals surface area contributed by atoms with Crippen LogP contribution in [0.15, 0.2) is 47.4 Å². The molecular formula is C19H16FNO6S. The number of rotatable bonds is 8. The third kappa shape index (κ3) is 5.16. The van der Waals surface area contributed by atoms with E-state index in [1.165, 1.54) is 31.4 Å². The highest BCUT2D eigenvalue weighted by Crippen LogP contribution is 2.20. The number of methoxy groups -OCH3 is 1. The Balaban J connectivity index is 2.12. The fourth-order valence-corrected chi connectivity index (χ4v) is 3.18. The van der Waals surface area contributed by atoms with Crippen molar-refractivity contribution in [3.63, 3.8) is 0 Å². The van der Waals surface area contributed by atoms with E-state index in [0.717, 1.165) is 18.2 Å². The van der Waals surface area contributed by atoms with Crippen molar-refractivity contribution in [3.05, 3.63) is 59.4 Å². The standard InChI is InChI=1S/C19H16FNO6S/c1-3-9-21-28(24,25)15-6-4-5-13(10-15)19(23)27-12-17(22)16-11-14(20)7-8-18(16)26-2/h1,4-8,10-11,21H,9,12H2,2H3. The lowest BCUT2D eigenvalue weighted by molar-refractivity contribution is 0.0473. The number of sulfonamides is 1. The average molecular weight is 405 g/mol. The van der Waals surface area contributed by atoms with Crippen LogP contribution in [0.5, 0.6) is 5.75 Å². The topological polar surface area (TPSA) is 98.8 Å². The molecule has 28 heavy (non-hydrogen) atoms. The second-order valence-electron chi connectivity index (χ2n) is 5.40. The first-order valence-corrected chi connectivity index (χ1v) is 9.34. The third-order valence-corrected chi connectivity index (χ3v) is 4.94. The predicted octanol–water partition coefficient (Wildman–Crippen LogP) is 1.79. The summed E-state index contributed by atoms with van der Waals surface area (Å²) in [4.78, 5) is 24.2. The highest BCUT2D eigenvalue weighted by atomic mass is 32.2. The zero-order valence-electron chi connectivity index (χ0n) is 14.8. The van der Waals surface area contributed by atoms with E-state index in [1.807, 2.05) is 0 Å². The Kier molecular flexibility index (Phi) is 6.87. The molecule has 2 aromatic rings. The van der Waals surface area contributed by atoms with Crippen molar-refractivity contribution >= 4 is 21.8 Å². The molecule has 0 aliphatic heterocycles. The number of ketones is 1. The largest absolute Gasteiger partial charge is 0.496 e. The number of benzene rings is 2. The lowest BCUT2D eigenvalue weighted by Crippen LogP contribution is -2.24. The molecule has 0 aromatic heterocycles. The van der Waals surface area contributed by atoms with Gasteiger partial charge in [0.15, 0.2) is 6.61 Å². The number of carbonyl (C=O) groups excluding carboxylic acids is 2. The Morgan fingerprint density at radius 1 is 1.21 bits per heavy atom. The van der Waals surface area contributed by atoms with E-state index in [4.69, 9.17) is 15.9 Å². The maximum atomic E-state index is 13.4. The van der Waals surface area contributed by atoms with E-state index >= 15 is 0 Å². The van der Waals surface area contributed by atoms with Gasteiger partial charge in [0.25, 0.3) is 0 Å². The molecule has 2 aromatic carbocycles. The summed E-state index contributed by atoms with van der Waals surface area (Å²) < 4.78 is 49.5. The van der Waals surface area contributed by atoms with E-state index in [1.54, 1.807) is 0 Å². The van der Waals surface area contributed by atoms with Gasteiger partial charge in [0.05, 0.1) is 29.7 Å². The summed E-state index contributed by atoms with van der Waals surface area (Å²) >= 11 is 0. The summed E-state index contributed by atoms with van der Waals surface area (Å²) in [5.74, 6) is 0.0296. The Bertz CT molecular complexity index is 1040. The van der Waals surface area contributed by atoms with Crippen molar-refractivity contribution in [2.45, 2.75) is 4.90 Å². The molecule has 146 valence electrons. The van der Waals surface area contributed by atoms with Gasteiger partial charge in [0.1, 0.15) is 11.6 Å². The lowest BCUT2D eigenvalue weighted by Gasteiger charge is -2.09. The molecule has 0 saturated heterocycles. The van der Waals surface area contributed by atoms with Gasteiger partial charge in [-0.25, -0.2) is 17.6 Å². The molecule has 0 amide bonds. The van der Waals surface area contributed by atoms with Gasteiger partial charge in [-0.05, 0) is 36.4 Å². The Morgan fingerprint density at radius 2 is 1.96 bits per heavy atom. The van der Waals surface area contributed by atoms with E-state index < -0.39 is 34.2 Å². The van der Waals surface area contributed by atoms with Crippen LogP contribution in [-0.4, -0.2) is 40.4 Å². The highest BCUT2D eigenvalue weighted by Gasteiger charge is 2.19. The molecule has 0 spiro atoms. The van der Waals surface area contributed by atoms with Crippen molar-refractivity contribution in [1.82, 2.24) is 4.72 Å². The van der Waals surface area contributed by atoms with Crippen LogP contribution in [0, 0.1) is 18.2 Å². The van der Waals surface area contributed by atoms with Crippen LogP contribution < -0.4 is 9.46 Å². The minimum absolute atomic E-state index is 0.0786. The maximum Gasteiger partial charge on any atom is 0.338 e. The van der Waals surface area contributed by atoms with E-state index in [-0.39, 0.29) is 28.3 Å². The molecule has 0 radical (unpaired) electrons. The average Bonchev–Trinajstić information content (AvgIpc) is 2.70. The summed E-state index contributed by atoms with van der Waals surface area (Å²) in [5.41, 5.74) is -0.160. The minimum Gasteiger partial charge on any atom is -0.496 e. The number of hydrogen-bond donors (Lipinski definition) is 1. The quantitative estimate of drug-likeness (QED) is 0.408. The van der Waals surface area contributed by atoms with Gasteiger partial charge in [-0.1, -0.05) is 12.0 Å². The van der Waals surface area contributed by atoms with Gasteiger partial charge in [0, 0.05) is 0 Å². The number of nitrogens with one attached hydrogen (secondary N) is 1. The molecule has 0 fully saturated rings. The smallest absolute Gasteiger partial charge is 0.338 e. The number of terminal acetylenes is 1. The number of carbonyl (C=O) groups is 2. The molecule has 9 heteroatoms. The lowest BCUT2D eigenvalue weighted by atomic mass is 10.1. The minimum atomic E-state index is -3.89. The number of Topliss-reactive ketones (excluding diaryl/α,β-unsaturated/α-hetero) is 1. The first-order chi connectivity index (χ1) is 13.3. The summed E-state index contributed by atoms with van der Waals surface area (Å²) in [6.07, 6.45) is 5.02. The van der Waals surface area contributed by atoms with Crippen LogP contribution in [0.3, 0.4) is 0 Å². The molecule has 0 atom stereocenters. The summed E-state index contributed by atoms with van der Waals surface area (Å²) in [7, 11) is -2.58. The molecule has 0 unspecified atom stereocenters. The van der Waals surface area contributed by atoms with Crippen LogP contribution in [0.1, 0.15) is 20.7 Å². The molecule has 0 aliphatic rings. The van der Waals surface area contributed by atoms with Crippen molar-refractivity contribution < 1.29 is 31.9 Å². The van der Waals surface area contributed by atoms with Crippen molar-refractivity contribution in [2.75, 3.05) is 20.3 Å². The molecule has 0 saturated carbocycles. The van der Waals surface area contributed by atoms with Gasteiger partial charge < -0.3 is 9.47 Å². The van der Waals surface area contributed by atoms with E-state index in [9.17, 15) is 22.4 Å². The summed E-state index contributed by atoms with van der Waals surface area (Å²) in [6, 6.07) is 8.42. The zero-order valence-corrected chi connectivity index (χ0v) is 15.6. The summed E-state index contributed by atoms with van der Waals surface area (Å²) in [5, 5.41) is 0. The van der Waals surface area contributed by atoms with E-state index in [0.29, 0.717) is 0 Å². The number of esters is 1. The number of halogens is 1. The maximum absolute atomic E-state index is 13.4. The number of hydrogen-bond acceptors (Lipinski definition) is 6. The van der Waals surface area contributed by atoms with Gasteiger partial charge in [-0.3, -0.25) is 4.79 Å². The summed E-state index contributed by atoms with van der Waals surface area (Å²) in [6.45, 7) is -0.883. The molecule has 2 rings (SSSR count). The van der Waals surface area contributed by atoms with Gasteiger partial charge in [-0.15, -0.1) is 6.42 Å². The van der Waals surface area contributed by atoms with Gasteiger partial charge in [0.2, 0.25) is 15.8 Å². The van der Waals surface area contributed by atoms with Crippen LogP contribution in [0.2, 0.25) is 0 Å². The molecule has 0 heterocycles. The predicted molar refractivity (Wildman–Crippen MR) is 98.0 cm³/mol. The second-order valence-corrected chi connectivity index (χ2v) is 7.17. The third-order valence-electron chi connectivity index (χ3n) is 3.54. The van der Waals surface area contributed by atoms with Crippen molar-refractivity contribution in [1.29, 1.82) is 0 Å². The zero-order chi connectivity index (χ0) is 20.7. The van der Waals surface area contributed by atoms with Crippen LogP contribution in [-0.2, 0) is 14.8 Å². The fraction of sp³-hybridized carbons (Fsp3) is 0.158. The highest BCUT2D eigenvalue weighted by molar-refractivity contribution is 7.89. The van der Waals surface area contributed by atoms with Crippen molar-refractivity contribution in [2.24, 2.45) is 0 Å². The van der Waals surface area contributed by atoms with Gasteiger partial charge >= 0.3 is 5.97 Å².